The highest BCUT2D eigenvalue weighted by Crippen LogP contribution is 2.34. The molecule has 0 saturated heterocycles. The summed E-state index contributed by atoms with van der Waals surface area (Å²) in [5.41, 5.74) is 6.92. The molecule has 0 amide bonds. The van der Waals surface area contributed by atoms with Gasteiger partial charge in [-0.2, -0.15) is 13.2 Å². The molecule has 0 spiro atoms. The van der Waals surface area contributed by atoms with Crippen LogP contribution in [-0.4, -0.2) is 12.6 Å². The third kappa shape index (κ3) is 4.89. The van der Waals surface area contributed by atoms with Crippen molar-refractivity contribution in [2.45, 2.75) is 25.7 Å². The molecule has 0 radical (unpaired) electrons. The molecule has 0 fully saturated rings. The molecule has 1 atom stereocenters. The first-order valence-electron chi connectivity index (χ1n) is 7.36. The average Bonchev–Trinajstić information content (AvgIpc) is 2.53. The highest BCUT2D eigenvalue weighted by Gasteiger charge is 2.31. The Morgan fingerprint density at radius 1 is 1.04 bits per heavy atom. The summed E-state index contributed by atoms with van der Waals surface area (Å²) in [6, 6.07) is 13.1. The Balaban J connectivity index is 2.22. The molecule has 0 heterocycles. The standard InChI is InChI=1S/C17H20F3N3/c1-12(10-21)23-16-9-14(17(18,19)20)7-8-15(16)22-11-13-5-3-2-4-6-13/h2-9,12,22-23H,10-11,21H2,1H3. The molecule has 6 heteroatoms. The lowest BCUT2D eigenvalue weighted by Gasteiger charge is -2.19. The van der Waals surface area contributed by atoms with Crippen molar-refractivity contribution in [3.63, 3.8) is 0 Å². The van der Waals surface area contributed by atoms with Crippen molar-refractivity contribution in [1.82, 2.24) is 0 Å². The summed E-state index contributed by atoms with van der Waals surface area (Å²) < 4.78 is 38.7. The number of nitrogens with one attached hydrogen (secondary N) is 2. The first-order valence-corrected chi connectivity index (χ1v) is 7.36. The van der Waals surface area contributed by atoms with Gasteiger partial charge in [0, 0.05) is 19.1 Å². The highest BCUT2D eigenvalue weighted by molar-refractivity contribution is 5.70. The van der Waals surface area contributed by atoms with E-state index < -0.39 is 11.7 Å². The first-order chi connectivity index (χ1) is 10.9. The predicted octanol–water partition coefficient (Wildman–Crippen LogP) is 4.08. The molecule has 0 aliphatic carbocycles. The van der Waals surface area contributed by atoms with Crippen LogP contribution in [-0.2, 0) is 12.7 Å². The molecule has 2 aromatic carbocycles. The lowest BCUT2D eigenvalue weighted by Crippen LogP contribution is -2.26. The number of hydrogen-bond donors (Lipinski definition) is 3. The molecule has 2 aromatic rings. The smallest absolute Gasteiger partial charge is 0.380 e. The van der Waals surface area contributed by atoms with Crippen LogP contribution in [0.5, 0.6) is 0 Å². The van der Waals surface area contributed by atoms with Gasteiger partial charge in [-0.25, -0.2) is 0 Å². The lowest BCUT2D eigenvalue weighted by atomic mass is 10.1. The number of alkyl halides is 3. The van der Waals surface area contributed by atoms with Crippen LogP contribution < -0.4 is 16.4 Å². The second kappa shape index (κ2) is 7.37. The van der Waals surface area contributed by atoms with Crippen molar-refractivity contribution in [2.24, 2.45) is 5.73 Å². The molecule has 1 unspecified atom stereocenters. The summed E-state index contributed by atoms with van der Waals surface area (Å²) in [6.45, 7) is 2.67. The number of hydrogen-bond acceptors (Lipinski definition) is 3. The Labute approximate surface area is 133 Å². The second-order valence-corrected chi connectivity index (χ2v) is 5.38. The molecule has 0 saturated carbocycles. The molecule has 0 bridgehead atoms. The van der Waals surface area contributed by atoms with E-state index in [1.165, 1.54) is 6.07 Å². The maximum absolute atomic E-state index is 12.9. The van der Waals surface area contributed by atoms with Gasteiger partial charge in [-0.05, 0) is 30.7 Å². The Morgan fingerprint density at radius 2 is 1.74 bits per heavy atom. The summed E-state index contributed by atoms with van der Waals surface area (Å²) in [6.07, 6.45) is -4.37. The van der Waals surface area contributed by atoms with Crippen LogP contribution >= 0.6 is 0 Å². The third-order valence-corrected chi connectivity index (χ3v) is 3.43. The van der Waals surface area contributed by atoms with E-state index >= 15 is 0 Å². The molecule has 0 aliphatic heterocycles. The van der Waals surface area contributed by atoms with Crippen molar-refractivity contribution >= 4 is 11.4 Å². The quantitative estimate of drug-likeness (QED) is 0.751. The monoisotopic (exact) mass is 323 g/mol. The van der Waals surface area contributed by atoms with Gasteiger partial charge in [-0.1, -0.05) is 30.3 Å². The minimum Gasteiger partial charge on any atom is -0.380 e. The zero-order chi connectivity index (χ0) is 16.9. The van der Waals surface area contributed by atoms with E-state index in [2.05, 4.69) is 10.6 Å². The maximum atomic E-state index is 12.9. The number of nitrogens with two attached hydrogens (primary N) is 1. The van der Waals surface area contributed by atoms with Crippen molar-refractivity contribution in [2.75, 3.05) is 17.2 Å². The third-order valence-electron chi connectivity index (χ3n) is 3.43. The van der Waals surface area contributed by atoms with Crippen molar-refractivity contribution in [3.05, 3.63) is 59.7 Å². The van der Waals surface area contributed by atoms with Gasteiger partial charge >= 0.3 is 6.18 Å². The molecule has 0 aliphatic rings. The molecule has 124 valence electrons. The molecular formula is C17H20F3N3. The fourth-order valence-electron chi connectivity index (χ4n) is 2.11. The largest absolute Gasteiger partial charge is 0.416 e. The fourth-order valence-corrected chi connectivity index (χ4v) is 2.11. The van der Waals surface area contributed by atoms with Gasteiger partial charge < -0.3 is 16.4 Å². The molecule has 3 nitrogen and oxygen atoms in total. The van der Waals surface area contributed by atoms with Gasteiger partial charge in [0.2, 0.25) is 0 Å². The van der Waals surface area contributed by atoms with E-state index in [0.717, 1.165) is 17.7 Å². The van der Waals surface area contributed by atoms with Crippen molar-refractivity contribution < 1.29 is 13.2 Å². The van der Waals surface area contributed by atoms with Crippen LogP contribution in [0.25, 0.3) is 0 Å². The van der Waals surface area contributed by atoms with Crippen LogP contribution in [0.15, 0.2) is 48.5 Å². The number of halogens is 3. The normalized spacial score (nSPS) is 12.7. The molecule has 4 N–H and O–H groups in total. The summed E-state index contributed by atoms with van der Waals surface area (Å²) in [5.74, 6) is 0. The topological polar surface area (TPSA) is 50.1 Å². The zero-order valence-corrected chi connectivity index (χ0v) is 12.8. The average molecular weight is 323 g/mol. The van der Waals surface area contributed by atoms with E-state index in [1.807, 2.05) is 37.3 Å². The van der Waals surface area contributed by atoms with E-state index in [0.29, 0.717) is 24.5 Å². The van der Waals surface area contributed by atoms with Crippen molar-refractivity contribution in [1.29, 1.82) is 0 Å². The molecule has 2 rings (SSSR count). The van der Waals surface area contributed by atoms with E-state index in [4.69, 9.17) is 5.73 Å². The Kier molecular flexibility index (Phi) is 5.50. The van der Waals surface area contributed by atoms with E-state index in [-0.39, 0.29) is 6.04 Å². The van der Waals surface area contributed by atoms with E-state index in [9.17, 15) is 13.2 Å². The summed E-state index contributed by atoms with van der Waals surface area (Å²) in [5, 5.41) is 6.19. The Morgan fingerprint density at radius 3 is 2.35 bits per heavy atom. The number of rotatable bonds is 6. The van der Waals surface area contributed by atoms with Gasteiger partial charge in [-0.15, -0.1) is 0 Å². The van der Waals surface area contributed by atoms with E-state index in [1.54, 1.807) is 0 Å². The van der Waals surface area contributed by atoms with Crippen molar-refractivity contribution in [3.8, 4) is 0 Å². The minimum absolute atomic E-state index is 0.129. The van der Waals surface area contributed by atoms with Crippen LogP contribution in [0.4, 0.5) is 24.5 Å². The summed E-state index contributed by atoms with van der Waals surface area (Å²) in [7, 11) is 0. The van der Waals surface area contributed by atoms with Crippen LogP contribution in [0.2, 0.25) is 0 Å². The van der Waals surface area contributed by atoms with Crippen LogP contribution in [0.3, 0.4) is 0 Å². The first kappa shape index (κ1) is 17.1. The fraction of sp³-hybridized carbons (Fsp3) is 0.294. The van der Waals surface area contributed by atoms with Crippen LogP contribution in [0, 0.1) is 0 Å². The number of anilines is 2. The van der Waals surface area contributed by atoms with Gasteiger partial charge in [0.15, 0.2) is 0 Å². The number of benzene rings is 2. The SMILES string of the molecule is CC(CN)Nc1cc(C(F)(F)F)ccc1NCc1ccccc1. The Bertz CT molecular complexity index is 627. The molecular weight excluding hydrogens is 303 g/mol. The minimum atomic E-state index is -4.37. The second-order valence-electron chi connectivity index (χ2n) is 5.38. The molecule has 23 heavy (non-hydrogen) atoms. The van der Waals surface area contributed by atoms with Gasteiger partial charge in [0.25, 0.3) is 0 Å². The predicted molar refractivity (Wildman–Crippen MR) is 87.4 cm³/mol. The lowest BCUT2D eigenvalue weighted by molar-refractivity contribution is -0.137. The van der Waals surface area contributed by atoms with Gasteiger partial charge in [0.05, 0.1) is 16.9 Å². The molecule has 0 aromatic heterocycles. The van der Waals surface area contributed by atoms with Gasteiger partial charge in [-0.3, -0.25) is 0 Å². The summed E-state index contributed by atoms with van der Waals surface area (Å²) in [4.78, 5) is 0. The van der Waals surface area contributed by atoms with Gasteiger partial charge in [0.1, 0.15) is 0 Å². The highest BCUT2D eigenvalue weighted by atomic mass is 19.4. The summed E-state index contributed by atoms with van der Waals surface area (Å²) >= 11 is 0. The van der Waals surface area contributed by atoms with Crippen LogP contribution in [0.1, 0.15) is 18.1 Å². The Hall–Kier alpha value is -2.21. The zero-order valence-electron chi connectivity index (χ0n) is 12.8. The maximum Gasteiger partial charge on any atom is 0.416 e.